The first-order valence-corrected chi connectivity index (χ1v) is 6.84. The second-order valence-electron chi connectivity index (χ2n) is 4.81. The summed E-state index contributed by atoms with van der Waals surface area (Å²) in [6.45, 7) is 0.841. The molecule has 2 unspecified atom stereocenters. The average molecular weight is 303 g/mol. The number of aliphatic hydroxyl groups is 1. The van der Waals surface area contributed by atoms with E-state index < -0.39 is 0 Å². The molecule has 1 fully saturated rings. The van der Waals surface area contributed by atoms with Crippen LogP contribution in [0.1, 0.15) is 16.8 Å². The molecule has 2 rings (SSSR count). The van der Waals surface area contributed by atoms with E-state index in [2.05, 4.69) is 5.32 Å². The molecule has 1 aliphatic heterocycles. The highest BCUT2D eigenvalue weighted by Crippen LogP contribution is 2.23. The molecule has 0 spiro atoms. The Hall–Kier alpha value is -0.810. The number of rotatable bonds is 3. The van der Waals surface area contributed by atoms with Crippen molar-refractivity contribution < 1.29 is 9.90 Å². The number of likely N-dealkylation sites (N-methyl/N-ethyl adjacent to an activating group) is 1. The lowest BCUT2D eigenvalue weighted by molar-refractivity contribution is 0.0938. The molecule has 0 bridgehead atoms. The number of amides is 1. The van der Waals surface area contributed by atoms with E-state index in [0.29, 0.717) is 15.6 Å². The summed E-state index contributed by atoms with van der Waals surface area (Å²) in [5, 5.41) is 12.9. The Labute approximate surface area is 122 Å². The van der Waals surface area contributed by atoms with Crippen LogP contribution in [0.5, 0.6) is 0 Å². The van der Waals surface area contributed by atoms with Gasteiger partial charge in [0, 0.05) is 24.2 Å². The number of benzene rings is 1. The molecule has 0 saturated carbocycles. The normalized spacial score (nSPS) is 23.6. The maximum atomic E-state index is 12.1. The first kappa shape index (κ1) is 14.6. The minimum atomic E-state index is -0.171. The Morgan fingerprint density at radius 3 is 2.79 bits per heavy atom. The van der Waals surface area contributed by atoms with Gasteiger partial charge in [-0.2, -0.15) is 0 Å². The highest BCUT2D eigenvalue weighted by atomic mass is 35.5. The number of likely N-dealkylation sites (tertiary alicyclic amines) is 1. The Kier molecular flexibility index (Phi) is 4.68. The minimum absolute atomic E-state index is 0.0455. The molecule has 1 aliphatic rings. The summed E-state index contributed by atoms with van der Waals surface area (Å²) in [5.74, 6) is -0.171. The molecule has 0 aromatic heterocycles. The molecule has 19 heavy (non-hydrogen) atoms. The van der Waals surface area contributed by atoms with Crippen LogP contribution in [0.3, 0.4) is 0 Å². The van der Waals surface area contributed by atoms with Gasteiger partial charge in [-0.15, -0.1) is 0 Å². The van der Waals surface area contributed by atoms with Crippen LogP contribution in [-0.4, -0.2) is 48.2 Å². The van der Waals surface area contributed by atoms with Crippen LogP contribution in [0.15, 0.2) is 18.2 Å². The zero-order valence-electron chi connectivity index (χ0n) is 10.6. The van der Waals surface area contributed by atoms with Crippen molar-refractivity contribution >= 4 is 29.1 Å². The predicted octanol–water partition coefficient (Wildman–Crippen LogP) is 1.79. The molecule has 1 aromatic rings. The molecular weight excluding hydrogens is 287 g/mol. The van der Waals surface area contributed by atoms with Gasteiger partial charge in [-0.25, -0.2) is 0 Å². The second kappa shape index (κ2) is 6.09. The number of hydrogen-bond acceptors (Lipinski definition) is 3. The van der Waals surface area contributed by atoms with Crippen LogP contribution in [0.25, 0.3) is 0 Å². The van der Waals surface area contributed by atoms with Crippen molar-refractivity contribution in [1.82, 2.24) is 10.2 Å². The largest absolute Gasteiger partial charge is 0.395 e. The van der Waals surface area contributed by atoms with E-state index in [1.54, 1.807) is 18.2 Å². The van der Waals surface area contributed by atoms with Gasteiger partial charge >= 0.3 is 0 Å². The fourth-order valence-corrected chi connectivity index (χ4v) is 2.60. The summed E-state index contributed by atoms with van der Waals surface area (Å²) in [5.41, 5.74) is 0.490. The second-order valence-corrected chi connectivity index (χ2v) is 5.63. The van der Waals surface area contributed by atoms with Crippen molar-refractivity contribution in [2.75, 3.05) is 20.2 Å². The lowest BCUT2D eigenvalue weighted by Crippen LogP contribution is -2.36. The third-order valence-electron chi connectivity index (χ3n) is 3.42. The first-order valence-electron chi connectivity index (χ1n) is 6.08. The third kappa shape index (κ3) is 3.39. The highest BCUT2D eigenvalue weighted by Gasteiger charge is 2.29. The number of nitrogens with one attached hydrogen (secondary N) is 1. The van der Waals surface area contributed by atoms with Gasteiger partial charge in [0.05, 0.1) is 16.7 Å². The summed E-state index contributed by atoms with van der Waals surface area (Å²) < 4.78 is 0. The lowest BCUT2D eigenvalue weighted by Gasteiger charge is -2.15. The lowest BCUT2D eigenvalue weighted by atomic mass is 10.1. The van der Waals surface area contributed by atoms with Crippen LogP contribution < -0.4 is 5.32 Å². The maximum Gasteiger partial charge on any atom is 0.251 e. The van der Waals surface area contributed by atoms with E-state index in [4.69, 9.17) is 23.2 Å². The summed E-state index contributed by atoms with van der Waals surface area (Å²) in [4.78, 5) is 14.1. The zero-order valence-corrected chi connectivity index (χ0v) is 12.1. The van der Waals surface area contributed by atoms with Gasteiger partial charge in [-0.3, -0.25) is 9.69 Å². The molecule has 1 saturated heterocycles. The molecule has 2 atom stereocenters. The van der Waals surface area contributed by atoms with E-state index >= 15 is 0 Å². The highest BCUT2D eigenvalue weighted by molar-refractivity contribution is 6.42. The van der Waals surface area contributed by atoms with Crippen LogP contribution >= 0.6 is 23.2 Å². The van der Waals surface area contributed by atoms with Crippen LogP contribution in [-0.2, 0) is 0 Å². The summed E-state index contributed by atoms with van der Waals surface area (Å²) >= 11 is 11.7. The number of halogens is 2. The van der Waals surface area contributed by atoms with Crippen molar-refractivity contribution in [2.45, 2.75) is 18.5 Å². The first-order chi connectivity index (χ1) is 9.01. The van der Waals surface area contributed by atoms with Gasteiger partial charge in [0.25, 0.3) is 5.91 Å². The smallest absolute Gasteiger partial charge is 0.251 e. The molecular formula is C13H16Cl2N2O2. The number of nitrogens with zero attached hydrogens (tertiary/aromatic N) is 1. The molecule has 0 radical (unpaired) electrons. The molecule has 0 aliphatic carbocycles. The molecule has 1 amide bonds. The monoisotopic (exact) mass is 302 g/mol. The summed E-state index contributed by atoms with van der Waals surface area (Å²) in [6.07, 6.45) is 0.750. The molecule has 1 heterocycles. The van der Waals surface area contributed by atoms with Gasteiger partial charge in [0.2, 0.25) is 0 Å². The molecule has 104 valence electrons. The zero-order chi connectivity index (χ0) is 14.0. The van der Waals surface area contributed by atoms with Crippen molar-refractivity contribution in [3.8, 4) is 0 Å². The van der Waals surface area contributed by atoms with E-state index in [1.165, 1.54) is 0 Å². The molecule has 6 heteroatoms. The van der Waals surface area contributed by atoms with Crippen molar-refractivity contribution in [1.29, 1.82) is 0 Å². The Morgan fingerprint density at radius 1 is 1.47 bits per heavy atom. The molecule has 4 nitrogen and oxygen atoms in total. The quantitative estimate of drug-likeness (QED) is 0.895. The van der Waals surface area contributed by atoms with Crippen molar-refractivity contribution in [2.24, 2.45) is 0 Å². The Morgan fingerprint density at radius 2 is 2.21 bits per heavy atom. The number of hydrogen-bond donors (Lipinski definition) is 2. The van der Waals surface area contributed by atoms with E-state index in [9.17, 15) is 9.90 Å². The number of aliphatic hydroxyl groups excluding tert-OH is 1. The SMILES string of the molecule is CN1CC(NC(=O)c2ccc(Cl)c(Cl)c2)CC1CO. The van der Waals surface area contributed by atoms with Crippen molar-refractivity contribution in [3.63, 3.8) is 0 Å². The van der Waals surface area contributed by atoms with Gasteiger partial charge in [0.1, 0.15) is 0 Å². The standard InChI is InChI=1S/C13H16Cl2N2O2/c1-17-6-9(5-10(17)7-18)16-13(19)8-2-3-11(14)12(15)4-8/h2-4,9-10,18H,5-7H2,1H3,(H,16,19). The summed E-state index contributed by atoms with van der Waals surface area (Å²) in [6, 6.07) is 4.96. The Balaban J connectivity index is 2.00. The van der Waals surface area contributed by atoms with Gasteiger partial charge in [0.15, 0.2) is 0 Å². The van der Waals surface area contributed by atoms with Crippen LogP contribution in [0, 0.1) is 0 Å². The van der Waals surface area contributed by atoms with Crippen LogP contribution in [0.4, 0.5) is 0 Å². The van der Waals surface area contributed by atoms with E-state index in [0.717, 1.165) is 13.0 Å². The minimum Gasteiger partial charge on any atom is -0.395 e. The van der Waals surface area contributed by atoms with Gasteiger partial charge in [-0.1, -0.05) is 23.2 Å². The Bertz CT molecular complexity index is 482. The van der Waals surface area contributed by atoms with Gasteiger partial charge < -0.3 is 10.4 Å². The number of carbonyl (C=O) groups is 1. The fraction of sp³-hybridized carbons (Fsp3) is 0.462. The molecule has 1 aromatic carbocycles. The van der Waals surface area contributed by atoms with E-state index in [-0.39, 0.29) is 24.6 Å². The third-order valence-corrected chi connectivity index (χ3v) is 4.16. The van der Waals surface area contributed by atoms with Crippen LogP contribution in [0.2, 0.25) is 10.0 Å². The maximum absolute atomic E-state index is 12.1. The predicted molar refractivity (Wildman–Crippen MR) is 75.8 cm³/mol. The van der Waals surface area contributed by atoms with Gasteiger partial charge in [-0.05, 0) is 31.7 Å². The number of carbonyl (C=O) groups excluding carboxylic acids is 1. The van der Waals surface area contributed by atoms with Crippen molar-refractivity contribution in [3.05, 3.63) is 33.8 Å². The fourth-order valence-electron chi connectivity index (χ4n) is 2.30. The topological polar surface area (TPSA) is 52.6 Å². The van der Waals surface area contributed by atoms with E-state index in [1.807, 2.05) is 11.9 Å². The molecule has 2 N–H and O–H groups in total. The average Bonchev–Trinajstić information content (AvgIpc) is 2.72. The summed E-state index contributed by atoms with van der Waals surface area (Å²) in [7, 11) is 1.94.